The van der Waals surface area contributed by atoms with Crippen molar-refractivity contribution in [1.29, 1.82) is 0 Å². The number of aryl methyl sites for hydroxylation is 1. The van der Waals surface area contributed by atoms with Crippen LogP contribution in [0.5, 0.6) is 5.75 Å². The number of nitrogens with one attached hydrogen (secondary N) is 1. The Bertz CT molecular complexity index is 510. The lowest BCUT2D eigenvalue weighted by atomic mass is 10.3. The molecule has 0 aliphatic carbocycles. The van der Waals surface area contributed by atoms with Gasteiger partial charge in [-0.1, -0.05) is 0 Å². The standard InChI is InChI=1S/C10H12N2O2/c1-3-12-9-5-4-7(14-2)6-8(9)11-10(12)13/h4-6H,3H2,1-2H3,(H,11,13). The average Bonchev–Trinajstić information content (AvgIpc) is 2.51. The third-order valence-corrected chi connectivity index (χ3v) is 2.30. The summed E-state index contributed by atoms with van der Waals surface area (Å²) >= 11 is 0. The van der Waals surface area contributed by atoms with Crippen molar-refractivity contribution in [2.75, 3.05) is 7.11 Å². The van der Waals surface area contributed by atoms with E-state index < -0.39 is 0 Å². The van der Waals surface area contributed by atoms with Gasteiger partial charge in [-0.05, 0) is 19.1 Å². The van der Waals surface area contributed by atoms with Crippen LogP contribution in [0.4, 0.5) is 0 Å². The molecule has 1 heterocycles. The number of fused-ring (bicyclic) bond motifs is 1. The second-order valence-electron chi connectivity index (χ2n) is 3.06. The summed E-state index contributed by atoms with van der Waals surface area (Å²) < 4.78 is 6.76. The van der Waals surface area contributed by atoms with E-state index in [1.54, 1.807) is 11.7 Å². The first-order valence-electron chi connectivity index (χ1n) is 4.53. The number of aromatic amines is 1. The van der Waals surface area contributed by atoms with E-state index in [9.17, 15) is 4.79 Å². The van der Waals surface area contributed by atoms with Crippen LogP contribution in [0.3, 0.4) is 0 Å². The quantitative estimate of drug-likeness (QED) is 0.780. The molecule has 0 radical (unpaired) electrons. The molecule has 0 amide bonds. The predicted octanol–water partition coefficient (Wildman–Crippen LogP) is 1.36. The topological polar surface area (TPSA) is 47.0 Å². The minimum absolute atomic E-state index is 0.0734. The first-order chi connectivity index (χ1) is 6.76. The number of imidazole rings is 1. The van der Waals surface area contributed by atoms with Crippen LogP contribution in [0.2, 0.25) is 0 Å². The van der Waals surface area contributed by atoms with Crippen molar-refractivity contribution in [3.05, 3.63) is 28.7 Å². The Kier molecular flexibility index (Phi) is 2.04. The molecular formula is C10H12N2O2. The first kappa shape index (κ1) is 8.87. The highest BCUT2D eigenvalue weighted by Crippen LogP contribution is 2.17. The summed E-state index contributed by atoms with van der Waals surface area (Å²) in [5.41, 5.74) is 1.66. The van der Waals surface area contributed by atoms with Gasteiger partial charge < -0.3 is 9.72 Å². The van der Waals surface area contributed by atoms with Crippen molar-refractivity contribution in [3.63, 3.8) is 0 Å². The molecule has 4 nitrogen and oxygen atoms in total. The lowest BCUT2D eigenvalue weighted by molar-refractivity contribution is 0.415. The second-order valence-corrected chi connectivity index (χ2v) is 3.06. The zero-order valence-corrected chi connectivity index (χ0v) is 8.20. The van der Waals surface area contributed by atoms with Crippen LogP contribution in [0.15, 0.2) is 23.0 Å². The fourth-order valence-electron chi connectivity index (χ4n) is 1.58. The molecule has 0 aliphatic rings. The van der Waals surface area contributed by atoms with Gasteiger partial charge in [-0.15, -0.1) is 0 Å². The monoisotopic (exact) mass is 192 g/mol. The van der Waals surface area contributed by atoms with E-state index in [4.69, 9.17) is 4.74 Å². The molecule has 2 rings (SSSR count). The van der Waals surface area contributed by atoms with Crippen LogP contribution in [-0.4, -0.2) is 16.7 Å². The maximum Gasteiger partial charge on any atom is 0.326 e. The Morgan fingerprint density at radius 2 is 2.29 bits per heavy atom. The number of H-pyrrole nitrogens is 1. The smallest absolute Gasteiger partial charge is 0.326 e. The number of hydrogen-bond donors (Lipinski definition) is 1. The minimum Gasteiger partial charge on any atom is -0.497 e. The van der Waals surface area contributed by atoms with Crippen molar-refractivity contribution >= 4 is 11.0 Å². The molecule has 0 spiro atoms. The van der Waals surface area contributed by atoms with Gasteiger partial charge in [-0.2, -0.15) is 0 Å². The highest BCUT2D eigenvalue weighted by atomic mass is 16.5. The van der Waals surface area contributed by atoms with Crippen molar-refractivity contribution < 1.29 is 4.74 Å². The number of benzene rings is 1. The molecular weight excluding hydrogens is 180 g/mol. The summed E-state index contributed by atoms with van der Waals surface area (Å²) in [5.74, 6) is 0.752. The van der Waals surface area contributed by atoms with E-state index in [0.717, 1.165) is 16.8 Å². The fraction of sp³-hybridized carbons (Fsp3) is 0.300. The van der Waals surface area contributed by atoms with E-state index in [2.05, 4.69) is 4.98 Å². The van der Waals surface area contributed by atoms with Crippen LogP contribution < -0.4 is 10.4 Å². The Hall–Kier alpha value is -1.71. The zero-order chi connectivity index (χ0) is 10.1. The lowest BCUT2D eigenvalue weighted by Crippen LogP contribution is -2.14. The summed E-state index contributed by atoms with van der Waals surface area (Å²) in [5, 5.41) is 0. The van der Waals surface area contributed by atoms with Crippen LogP contribution in [0.1, 0.15) is 6.92 Å². The molecule has 0 saturated carbocycles. The molecule has 0 atom stereocenters. The molecule has 1 aromatic carbocycles. The van der Waals surface area contributed by atoms with Gasteiger partial charge >= 0.3 is 5.69 Å². The van der Waals surface area contributed by atoms with Crippen LogP contribution >= 0.6 is 0 Å². The summed E-state index contributed by atoms with van der Waals surface area (Å²) in [4.78, 5) is 14.2. The van der Waals surface area contributed by atoms with Crippen molar-refractivity contribution in [1.82, 2.24) is 9.55 Å². The van der Waals surface area contributed by atoms with Crippen LogP contribution in [0.25, 0.3) is 11.0 Å². The summed E-state index contributed by atoms with van der Waals surface area (Å²) in [6, 6.07) is 5.56. The van der Waals surface area contributed by atoms with E-state index in [-0.39, 0.29) is 5.69 Å². The zero-order valence-electron chi connectivity index (χ0n) is 8.20. The molecule has 0 unspecified atom stereocenters. The fourth-order valence-corrected chi connectivity index (χ4v) is 1.58. The van der Waals surface area contributed by atoms with Gasteiger partial charge in [0.05, 0.1) is 18.1 Å². The van der Waals surface area contributed by atoms with Gasteiger partial charge in [0.25, 0.3) is 0 Å². The van der Waals surface area contributed by atoms with Gasteiger partial charge in [0.15, 0.2) is 0 Å². The highest BCUT2D eigenvalue weighted by Gasteiger charge is 2.04. The Morgan fingerprint density at radius 3 is 2.93 bits per heavy atom. The van der Waals surface area contributed by atoms with Crippen molar-refractivity contribution in [2.24, 2.45) is 0 Å². The van der Waals surface area contributed by atoms with Gasteiger partial charge in [0, 0.05) is 12.6 Å². The largest absolute Gasteiger partial charge is 0.497 e. The van der Waals surface area contributed by atoms with Gasteiger partial charge in [-0.3, -0.25) is 4.57 Å². The SMILES string of the molecule is CCn1c(=O)[nH]c2cc(OC)ccc21. The maximum absolute atomic E-state index is 11.4. The Morgan fingerprint density at radius 1 is 1.50 bits per heavy atom. The van der Waals surface area contributed by atoms with Crippen molar-refractivity contribution in [3.8, 4) is 5.75 Å². The van der Waals surface area contributed by atoms with Gasteiger partial charge in [0.2, 0.25) is 0 Å². The van der Waals surface area contributed by atoms with Gasteiger partial charge in [-0.25, -0.2) is 4.79 Å². The number of methoxy groups -OCH3 is 1. The number of hydrogen-bond acceptors (Lipinski definition) is 2. The number of rotatable bonds is 2. The predicted molar refractivity (Wildman–Crippen MR) is 54.8 cm³/mol. The Labute approximate surface area is 81.1 Å². The molecule has 74 valence electrons. The first-order valence-corrected chi connectivity index (χ1v) is 4.53. The summed E-state index contributed by atoms with van der Waals surface area (Å²) in [7, 11) is 1.61. The summed E-state index contributed by atoms with van der Waals surface area (Å²) in [6.07, 6.45) is 0. The van der Waals surface area contributed by atoms with E-state index >= 15 is 0 Å². The van der Waals surface area contributed by atoms with Crippen LogP contribution in [0, 0.1) is 0 Å². The second kappa shape index (κ2) is 3.21. The van der Waals surface area contributed by atoms with E-state index in [1.165, 1.54) is 0 Å². The molecule has 1 aromatic heterocycles. The third kappa shape index (κ3) is 1.19. The van der Waals surface area contributed by atoms with E-state index in [0.29, 0.717) is 6.54 Å². The molecule has 0 saturated heterocycles. The molecule has 4 heteroatoms. The molecule has 0 aliphatic heterocycles. The van der Waals surface area contributed by atoms with Gasteiger partial charge in [0.1, 0.15) is 5.75 Å². The number of nitrogens with zero attached hydrogens (tertiary/aromatic N) is 1. The van der Waals surface area contributed by atoms with Crippen LogP contribution in [-0.2, 0) is 6.54 Å². The summed E-state index contributed by atoms with van der Waals surface area (Å²) in [6.45, 7) is 2.62. The third-order valence-electron chi connectivity index (χ3n) is 2.30. The molecule has 0 fully saturated rings. The molecule has 14 heavy (non-hydrogen) atoms. The average molecular weight is 192 g/mol. The Balaban J connectivity index is 2.74. The molecule has 1 N–H and O–H groups in total. The normalized spacial score (nSPS) is 10.7. The van der Waals surface area contributed by atoms with E-state index in [1.807, 2.05) is 25.1 Å². The maximum atomic E-state index is 11.4. The molecule has 0 bridgehead atoms. The number of ether oxygens (including phenoxy) is 1. The highest BCUT2D eigenvalue weighted by molar-refractivity contribution is 5.76. The number of aromatic nitrogens is 2. The minimum atomic E-state index is -0.0734. The molecule has 2 aromatic rings. The van der Waals surface area contributed by atoms with Crippen molar-refractivity contribution in [2.45, 2.75) is 13.5 Å². The lowest BCUT2D eigenvalue weighted by Gasteiger charge is -2.00.